The molecule has 1 aromatic rings. The van der Waals surface area contributed by atoms with Gasteiger partial charge in [-0.1, -0.05) is 19.1 Å². The largest absolute Gasteiger partial charge is 0.493 e. The molecule has 2 N–H and O–H groups in total. The van der Waals surface area contributed by atoms with Crippen molar-refractivity contribution in [3.8, 4) is 11.5 Å². The summed E-state index contributed by atoms with van der Waals surface area (Å²) in [7, 11) is 1.58. The zero-order valence-corrected chi connectivity index (χ0v) is 14.1. The Labute approximate surface area is 141 Å². The van der Waals surface area contributed by atoms with Gasteiger partial charge in [0.05, 0.1) is 20.1 Å². The number of ether oxygens (including phenoxy) is 2. The van der Waals surface area contributed by atoms with Gasteiger partial charge in [0.25, 0.3) is 0 Å². The number of carbonyl (C=O) groups excluding carboxylic acids is 1. The molecule has 0 bridgehead atoms. The van der Waals surface area contributed by atoms with Crippen molar-refractivity contribution in [2.45, 2.75) is 32.4 Å². The van der Waals surface area contributed by atoms with E-state index in [9.17, 15) is 9.59 Å². The summed E-state index contributed by atoms with van der Waals surface area (Å²) < 4.78 is 11.2. The van der Waals surface area contributed by atoms with Crippen molar-refractivity contribution in [2.24, 2.45) is 0 Å². The SMILES string of the molecule is CCCOc1c(CN2CCNC(=O)C2CC(=O)O)cccc1OC. The number of para-hydroxylation sites is 1. The van der Waals surface area contributed by atoms with Crippen molar-refractivity contribution in [3.63, 3.8) is 0 Å². The second-order valence-electron chi connectivity index (χ2n) is 5.67. The topological polar surface area (TPSA) is 88.1 Å². The molecule has 0 aromatic heterocycles. The van der Waals surface area contributed by atoms with Crippen molar-refractivity contribution >= 4 is 11.9 Å². The zero-order valence-electron chi connectivity index (χ0n) is 14.1. The number of methoxy groups -OCH3 is 1. The Morgan fingerprint density at radius 2 is 2.25 bits per heavy atom. The third-order valence-corrected chi connectivity index (χ3v) is 3.91. The molecule has 1 amide bonds. The maximum Gasteiger partial charge on any atom is 0.305 e. The van der Waals surface area contributed by atoms with Crippen molar-refractivity contribution in [2.75, 3.05) is 26.8 Å². The van der Waals surface area contributed by atoms with E-state index in [1.165, 1.54) is 0 Å². The zero-order chi connectivity index (χ0) is 17.5. The molecular formula is C17H24N2O5. The third kappa shape index (κ3) is 4.38. The molecule has 132 valence electrons. The van der Waals surface area contributed by atoms with E-state index >= 15 is 0 Å². The molecule has 24 heavy (non-hydrogen) atoms. The summed E-state index contributed by atoms with van der Waals surface area (Å²) in [6.45, 7) is 4.11. The third-order valence-electron chi connectivity index (χ3n) is 3.91. The van der Waals surface area contributed by atoms with Crippen LogP contribution in [0, 0.1) is 0 Å². The highest BCUT2D eigenvalue weighted by molar-refractivity contribution is 5.86. The molecular weight excluding hydrogens is 312 g/mol. The Morgan fingerprint density at radius 1 is 1.46 bits per heavy atom. The average Bonchev–Trinajstić information content (AvgIpc) is 2.56. The normalized spacial score (nSPS) is 18.1. The molecule has 1 heterocycles. The van der Waals surface area contributed by atoms with Gasteiger partial charge in [0.1, 0.15) is 6.04 Å². The monoisotopic (exact) mass is 336 g/mol. The van der Waals surface area contributed by atoms with E-state index in [0.29, 0.717) is 37.7 Å². The number of amides is 1. The van der Waals surface area contributed by atoms with E-state index in [0.717, 1.165) is 12.0 Å². The number of benzene rings is 1. The van der Waals surface area contributed by atoms with Gasteiger partial charge in [0, 0.05) is 25.2 Å². The molecule has 0 aliphatic carbocycles. The van der Waals surface area contributed by atoms with Crippen LogP contribution < -0.4 is 14.8 Å². The molecule has 1 aromatic carbocycles. The lowest BCUT2D eigenvalue weighted by Crippen LogP contribution is -2.55. The van der Waals surface area contributed by atoms with Crippen molar-refractivity contribution in [3.05, 3.63) is 23.8 Å². The molecule has 1 aliphatic rings. The molecule has 1 aliphatic heterocycles. The van der Waals surface area contributed by atoms with Gasteiger partial charge in [-0.3, -0.25) is 14.5 Å². The molecule has 1 saturated heterocycles. The number of carboxylic acids is 1. The van der Waals surface area contributed by atoms with Gasteiger partial charge in [0.2, 0.25) is 5.91 Å². The van der Waals surface area contributed by atoms with Gasteiger partial charge < -0.3 is 19.9 Å². The maximum atomic E-state index is 12.0. The van der Waals surface area contributed by atoms with Crippen LogP contribution >= 0.6 is 0 Å². The predicted octanol–water partition coefficient (Wildman–Crippen LogP) is 1.26. The molecule has 1 fully saturated rings. The summed E-state index contributed by atoms with van der Waals surface area (Å²) in [6.07, 6.45) is 0.645. The van der Waals surface area contributed by atoms with Crippen molar-refractivity contribution in [1.29, 1.82) is 0 Å². The van der Waals surface area contributed by atoms with E-state index in [2.05, 4.69) is 5.32 Å². The smallest absolute Gasteiger partial charge is 0.305 e. The second kappa shape index (κ2) is 8.54. The fourth-order valence-electron chi connectivity index (χ4n) is 2.77. The second-order valence-corrected chi connectivity index (χ2v) is 5.67. The van der Waals surface area contributed by atoms with Gasteiger partial charge in [-0.15, -0.1) is 0 Å². The maximum absolute atomic E-state index is 12.0. The minimum absolute atomic E-state index is 0.221. The molecule has 0 radical (unpaired) electrons. The number of hydrogen-bond donors (Lipinski definition) is 2. The van der Waals surface area contributed by atoms with E-state index in [4.69, 9.17) is 14.6 Å². The number of hydrogen-bond acceptors (Lipinski definition) is 5. The standard InChI is InChI=1S/C17H24N2O5/c1-3-9-24-16-12(5-4-6-14(16)23-2)11-19-8-7-18-17(22)13(19)10-15(20)21/h4-6,13H,3,7-11H2,1-2H3,(H,18,22)(H,20,21). The predicted molar refractivity (Wildman–Crippen MR) is 88.2 cm³/mol. The quantitative estimate of drug-likeness (QED) is 0.743. The van der Waals surface area contributed by atoms with Crippen LogP contribution in [0.15, 0.2) is 18.2 Å². The first-order chi connectivity index (χ1) is 11.6. The van der Waals surface area contributed by atoms with Gasteiger partial charge in [0.15, 0.2) is 11.5 Å². The number of nitrogens with zero attached hydrogens (tertiary/aromatic N) is 1. The minimum atomic E-state index is -0.991. The van der Waals surface area contributed by atoms with E-state index in [-0.39, 0.29) is 12.3 Å². The lowest BCUT2D eigenvalue weighted by Gasteiger charge is -2.34. The number of nitrogens with one attached hydrogen (secondary N) is 1. The summed E-state index contributed by atoms with van der Waals surface area (Å²) in [5, 5.41) is 11.8. The summed E-state index contributed by atoms with van der Waals surface area (Å²) in [5.74, 6) is 0.0526. The highest BCUT2D eigenvalue weighted by Crippen LogP contribution is 2.32. The van der Waals surface area contributed by atoms with Crippen molar-refractivity contribution in [1.82, 2.24) is 10.2 Å². The van der Waals surface area contributed by atoms with Gasteiger partial charge in [-0.05, 0) is 12.5 Å². The van der Waals surface area contributed by atoms with Gasteiger partial charge in [-0.2, -0.15) is 0 Å². The molecule has 7 heteroatoms. The van der Waals surface area contributed by atoms with Crippen LogP contribution in [0.1, 0.15) is 25.3 Å². The van der Waals surface area contributed by atoms with Gasteiger partial charge >= 0.3 is 5.97 Å². The van der Waals surface area contributed by atoms with Crippen LogP contribution in [-0.4, -0.2) is 54.7 Å². The Hall–Kier alpha value is -2.28. The van der Waals surface area contributed by atoms with E-state index < -0.39 is 12.0 Å². The van der Waals surface area contributed by atoms with Crippen LogP contribution in [0.4, 0.5) is 0 Å². The Bertz CT molecular complexity index is 590. The number of carbonyl (C=O) groups is 2. The van der Waals surface area contributed by atoms with Crippen LogP contribution in [0.5, 0.6) is 11.5 Å². The lowest BCUT2D eigenvalue weighted by molar-refractivity contribution is -0.143. The Morgan fingerprint density at radius 3 is 2.92 bits per heavy atom. The minimum Gasteiger partial charge on any atom is -0.493 e. The van der Waals surface area contributed by atoms with Gasteiger partial charge in [-0.25, -0.2) is 0 Å². The van der Waals surface area contributed by atoms with Crippen LogP contribution in [0.3, 0.4) is 0 Å². The van der Waals surface area contributed by atoms with E-state index in [1.807, 2.05) is 30.0 Å². The first kappa shape index (κ1) is 18.1. The molecule has 1 atom stereocenters. The number of carboxylic acid groups (broad SMARTS) is 1. The molecule has 7 nitrogen and oxygen atoms in total. The average molecular weight is 336 g/mol. The summed E-state index contributed by atoms with van der Waals surface area (Å²) >= 11 is 0. The fraction of sp³-hybridized carbons (Fsp3) is 0.529. The molecule has 0 spiro atoms. The highest BCUT2D eigenvalue weighted by atomic mass is 16.5. The number of rotatable bonds is 8. The van der Waals surface area contributed by atoms with Crippen molar-refractivity contribution < 1.29 is 24.2 Å². The van der Waals surface area contributed by atoms with Crippen LogP contribution in [0.2, 0.25) is 0 Å². The number of aliphatic carboxylic acids is 1. The molecule has 1 unspecified atom stereocenters. The Kier molecular flexibility index (Phi) is 6.43. The molecule has 0 saturated carbocycles. The first-order valence-electron chi connectivity index (χ1n) is 8.09. The Balaban J connectivity index is 2.24. The fourth-order valence-corrected chi connectivity index (χ4v) is 2.77. The highest BCUT2D eigenvalue weighted by Gasteiger charge is 2.32. The molecule has 2 rings (SSSR count). The first-order valence-corrected chi connectivity index (χ1v) is 8.09. The lowest BCUT2D eigenvalue weighted by atomic mass is 10.1. The summed E-state index contributed by atoms with van der Waals surface area (Å²) in [5.41, 5.74) is 0.882. The summed E-state index contributed by atoms with van der Waals surface area (Å²) in [6, 6.07) is 4.93. The van der Waals surface area contributed by atoms with Crippen LogP contribution in [-0.2, 0) is 16.1 Å². The van der Waals surface area contributed by atoms with E-state index in [1.54, 1.807) is 7.11 Å². The number of piperazine rings is 1. The summed E-state index contributed by atoms with van der Waals surface area (Å²) in [4.78, 5) is 25.0. The van der Waals surface area contributed by atoms with Crippen LogP contribution in [0.25, 0.3) is 0 Å².